The summed E-state index contributed by atoms with van der Waals surface area (Å²) in [7, 11) is 1.53. The van der Waals surface area contributed by atoms with Gasteiger partial charge in [0, 0.05) is 5.56 Å². The fourth-order valence-corrected chi connectivity index (χ4v) is 3.41. The summed E-state index contributed by atoms with van der Waals surface area (Å²) < 4.78 is 16.6. The third-order valence-electron chi connectivity index (χ3n) is 5.09. The van der Waals surface area contributed by atoms with Gasteiger partial charge in [-0.2, -0.15) is 0 Å². The second-order valence-corrected chi connectivity index (χ2v) is 7.95. The number of nitrogens with one attached hydrogen (secondary N) is 1. The highest BCUT2D eigenvalue weighted by Gasteiger charge is 2.26. The number of hydrogen-bond acceptors (Lipinski definition) is 5. The lowest BCUT2D eigenvalue weighted by Gasteiger charge is -2.20. The molecule has 3 aromatic carbocycles. The molecule has 0 saturated carbocycles. The number of methoxy groups -OCH3 is 1. The molecule has 0 bridgehead atoms. The number of amides is 1. The van der Waals surface area contributed by atoms with E-state index in [1.807, 2.05) is 43.3 Å². The van der Waals surface area contributed by atoms with Crippen LogP contribution in [0.2, 0.25) is 0 Å². The molecule has 1 atom stereocenters. The Bertz CT molecular complexity index is 1090. The van der Waals surface area contributed by atoms with Crippen LogP contribution in [0.1, 0.15) is 42.6 Å². The molecule has 6 heteroatoms. The first kappa shape index (κ1) is 23.9. The van der Waals surface area contributed by atoms with Crippen LogP contribution in [0.5, 0.6) is 11.5 Å². The van der Waals surface area contributed by atoms with Gasteiger partial charge in [-0.15, -0.1) is 0 Å². The van der Waals surface area contributed by atoms with Crippen molar-refractivity contribution in [2.24, 2.45) is 0 Å². The minimum Gasteiger partial charge on any atom is -0.495 e. The first-order valence-corrected chi connectivity index (χ1v) is 10.8. The highest BCUT2D eigenvalue weighted by Crippen LogP contribution is 2.28. The molecule has 1 amide bonds. The summed E-state index contributed by atoms with van der Waals surface area (Å²) in [5, 5.41) is 2.82. The lowest BCUT2D eigenvalue weighted by Crippen LogP contribution is -2.28. The van der Waals surface area contributed by atoms with E-state index >= 15 is 0 Å². The number of ether oxygens (including phenoxy) is 3. The van der Waals surface area contributed by atoms with Crippen LogP contribution in [0.15, 0.2) is 72.8 Å². The Hall–Kier alpha value is -3.80. The number of esters is 1. The van der Waals surface area contributed by atoms with E-state index in [0.29, 0.717) is 22.7 Å². The number of para-hydroxylation sites is 1. The lowest BCUT2D eigenvalue weighted by molar-refractivity contribution is -0.156. The highest BCUT2D eigenvalue weighted by atomic mass is 16.6. The van der Waals surface area contributed by atoms with Crippen molar-refractivity contribution in [3.63, 3.8) is 0 Å². The zero-order valence-corrected chi connectivity index (χ0v) is 19.3. The van der Waals surface area contributed by atoms with Gasteiger partial charge in [0.25, 0.3) is 5.91 Å². The summed E-state index contributed by atoms with van der Waals surface area (Å²) in [5.74, 6) is 0.245. The molecule has 0 aliphatic rings. The van der Waals surface area contributed by atoms with Crippen LogP contribution in [-0.4, -0.2) is 25.6 Å². The van der Waals surface area contributed by atoms with Crippen LogP contribution in [0, 0.1) is 6.92 Å². The first-order valence-electron chi connectivity index (χ1n) is 10.8. The average Bonchev–Trinajstić information content (AvgIpc) is 2.82. The van der Waals surface area contributed by atoms with Crippen molar-refractivity contribution in [1.82, 2.24) is 0 Å². The van der Waals surface area contributed by atoms with Crippen LogP contribution in [0.25, 0.3) is 0 Å². The lowest BCUT2D eigenvalue weighted by atomic mass is 10.0. The molecule has 1 N–H and O–H groups in total. The molecule has 0 saturated heterocycles. The fraction of sp³-hybridized carbons (Fsp3) is 0.259. The van der Waals surface area contributed by atoms with E-state index in [0.717, 1.165) is 11.1 Å². The normalized spacial score (nSPS) is 11.5. The summed E-state index contributed by atoms with van der Waals surface area (Å²) in [4.78, 5) is 25.8. The van der Waals surface area contributed by atoms with Crippen LogP contribution < -0.4 is 14.8 Å². The molecule has 0 aliphatic carbocycles. The Morgan fingerprint density at radius 1 is 0.909 bits per heavy atom. The van der Waals surface area contributed by atoms with Crippen molar-refractivity contribution in [1.29, 1.82) is 0 Å². The van der Waals surface area contributed by atoms with Crippen molar-refractivity contribution >= 4 is 17.6 Å². The Balaban J connectivity index is 1.76. The summed E-state index contributed by atoms with van der Waals surface area (Å²) in [6.45, 7) is 5.70. The first-order chi connectivity index (χ1) is 15.9. The van der Waals surface area contributed by atoms with Crippen LogP contribution in [0.4, 0.5) is 5.69 Å². The van der Waals surface area contributed by atoms with Crippen molar-refractivity contribution < 1.29 is 23.8 Å². The molecule has 0 aliphatic heterocycles. The minimum absolute atomic E-state index is 0.240. The van der Waals surface area contributed by atoms with Crippen molar-refractivity contribution in [3.8, 4) is 11.5 Å². The Kier molecular flexibility index (Phi) is 8.08. The SMILES string of the molecule is COc1ccc(C)cc1NC(=O)C(OC(=O)COc1ccccc1C(C)C)c1ccccc1. The van der Waals surface area contributed by atoms with Crippen molar-refractivity contribution in [3.05, 3.63) is 89.5 Å². The molecule has 172 valence electrons. The van der Waals surface area contributed by atoms with Gasteiger partial charge in [0.2, 0.25) is 6.10 Å². The molecule has 0 aromatic heterocycles. The largest absolute Gasteiger partial charge is 0.495 e. The molecule has 6 nitrogen and oxygen atoms in total. The minimum atomic E-state index is -1.15. The smallest absolute Gasteiger partial charge is 0.345 e. The van der Waals surface area contributed by atoms with Gasteiger partial charge in [-0.05, 0) is 42.2 Å². The second kappa shape index (κ2) is 11.2. The van der Waals surface area contributed by atoms with E-state index in [-0.39, 0.29) is 12.5 Å². The molecule has 0 spiro atoms. The zero-order chi connectivity index (χ0) is 23.8. The molecular formula is C27H29NO5. The summed E-state index contributed by atoms with van der Waals surface area (Å²) in [5.41, 5.74) is 3.00. The fourth-order valence-electron chi connectivity index (χ4n) is 3.41. The number of aryl methyl sites for hydroxylation is 1. The number of carbonyl (C=O) groups is 2. The predicted molar refractivity (Wildman–Crippen MR) is 128 cm³/mol. The van der Waals surface area contributed by atoms with E-state index in [9.17, 15) is 9.59 Å². The van der Waals surface area contributed by atoms with Gasteiger partial charge < -0.3 is 19.5 Å². The molecular weight excluding hydrogens is 418 g/mol. The zero-order valence-electron chi connectivity index (χ0n) is 19.3. The van der Waals surface area contributed by atoms with Crippen LogP contribution in [0.3, 0.4) is 0 Å². The Labute approximate surface area is 194 Å². The van der Waals surface area contributed by atoms with Crippen molar-refractivity contribution in [2.45, 2.75) is 32.8 Å². The quantitative estimate of drug-likeness (QED) is 0.443. The monoisotopic (exact) mass is 447 g/mol. The van der Waals surface area contributed by atoms with E-state index < -0.39 is 18.0 Å². The number of anilines is 1. The standard InChI is InChI=1S/C27H29NO5/c1-18(2)21-12-8-9-13-23(21)32-17-25(29)33-26(20-10-6-5-7-11-20)27(30)28-22-16-19(3)14-15-24(22)31-4/h5-16,18,26H,17H2,1-4H3,(H,28,30). The van der Waals surface area contributed by atoms with Gasteiger partial charge in [0.1, 0.15) is 11.5 Å². The third kappa shape index (κ3) is 6.35. The molecule has 1 unspecified atom stereocenters. The topological polar surface area (TPSA) is 73.9 Å². The molecule has 0 fully saturated rings. The van der Waals surface area contributed by atoms with E-state index in [2.05, 4.69) is 19.2 Å². The van der Waals surface area contributed by atoms with Gasteiger partial charge in [-0.3, -0.25) is 4.79 Å². The van der Waals surface area contributed by atoms with Gasteiger partial charge in [-0.1, -0.05) is 68.4 Å². The predicted octanol–water partition coefficient (Wildman–Crippen LogP) is 5.43. The Morgan fingerprint density at radius 2 is 1.61 bits per heavy atom. The van der Waals surface area contributed by atoms with E-state index in [1.54, 1.807) is 36.4 Å². The second-order valence-electron chi connectivity index (χ2n) is 7.95. The maximum absolute atomic E-state index is 13.2. The Morgan fingerprint density at radius 3 is 2.30 bits per heavy atom. The van der Waals surface area contributed by atoms with Gasteiger partial charge in [0.15, 0.2) is 6.61 Å². The van der Waals surface area contributed by atoms with E-state index in [1.165, 1.54) is 7.11 Å². The molecule has 33 heavy (non-hydrogen) atoms. The van der Waals surface area contributed by atoms with Gasteiger partial charge in [-0.25, -0.2) is 4.79 Å². The summed E-state index contributed by atoms with van der Waals surface area (Å²) in [6, 6.07) is 21.9. The van der Waals surface area contributed by atoms with Gasteiger partial charge in [0.05, 0.1) is 12.8 Å². The summed E-state index contributed by atoms with van der Waals surface area (Å²) in [6.07, 6.45) is -1.15. The third-order valence-corrected chi connectivity index (χ3v) is 5.09. The highest BCUT2D eigenvalue weighted by molar-refractivity contribution is 5.97. The maximum Gasteiger partial charge on any atom is 0.345 e. The van der Waals surface area contributed by atoms with Crippen molar-refractivity contribution in [2.75, 3.05) is 19.0 Å². The van der Waals surface area contributed by atoms with Gasteiger partial charge >= 0.3 is 5.97 Å². The van der Waals surface area contributed by atoms with Crippen LogP contribution >= 0.6 is 0 Å². The number of rotatable bonds is 9. The maximum atomic E-state index is 13.2. The number of carbonyl (C=O) groups excluding carboxylic acids is 2. The number of hydrogen-bond donors (Lipinski definition) is 1. The van der Waals surface area contributed by atoms with E-state index in [4.69, 9.17) is 14.2 Å². The molecule has 0 radical (unpaired) electrons. The average molecular weight is 448 g/mol. The van der Waals surface area contributed by atoms with Crippen LogP contribution in [-0.2, 0) is 14.3 Å². The number of benzene rings is 3. The summed E-state index contributed by atoms with van der Waals surface area (Å²) >= 11 is 0. The molecule has 3 aromatic rings. The molecule has 3 rings (SSSR count). The molecule has 0 heterocycles.